The zero-order valence-electron chi connectivity index (χ0n) is 24.5. The second-order valence-electron chi connectivity index (χ2n) is 12.3. The van der Waals surface area contributed by atoms with Crippen molar-refractivity contribution in [1.82, 2.24) is 0 Å². The highest BCUT2D eigenvalue weighted by atomic mass is 16.6. The zero-order chi connectivity index (χ0) is 30.5. The molecule has 40 heavy (non-hydrogen) atoms. The van der Waals surface area contributed by atoms with Gasteiger partial charge in [0, 0.05) is 31.6 Å². The molecule has 0 aromatic rings. The normalized spacial score (nSPS) is 28.7. The second-order valence-corrected chi connectivity index (χ2v) is 12.3. The van der Waals surface area contributed by atoms with E-state index in [-0.39, 0.29) is 37.1 Å². The number of esters is 3. The van der Waals surface area contributed by atoms with E-state index in [2.05, 4.69) is 6.58 Å². The molecule has 0 amide bonds. The molecule has 224 valence electrons. The van der Waals surface area contributed by atoms with Crippen LogP contribution in [0.5, 0.6) is 0 Å². The number of aliphatic hydroxyl groups is 1. The summed E-state index contributed by atoms with van der Waals surface area (Å²) in [5, 5.41) is 19.2. The van der Waals surface area contributed by atoms with Gasteiger partial charge < -0.3 is 24.4 Å². The van der Waals surface area contributed by atoms with Crippen LogP contribution in [0.3, 0.4) is 0 Å². The number of fused-ring (bicyclic) bond motifs is 1. The number of carboxylic acids is 1. The molecule has 2 rings (SSSR count). The number of aliphatic carboxylic acids is 1. The lowest BCUT2D eigenvalue weighted by molar-refractivity contribution is -0.163. The summed E-state index contributed by atoms with van der Waals surface area (Å²) >= 11 is 0. The molecule has 0 aliphatic heterocycles. The Kier molecular flexibility index (Phi) is 10.9. The Hall–Kier alpha value is -3.01. The van der Waals surface area contributed by atoms with Crippen molar-refractivity contribution in [3.8, 4) is 0 Å². The molecule has 2 aliphatic rings. The fourth-order valence-electron chi connectivity index (χ4n) is 6.27. The monoisotopic (exact) mass is 564 g/mol. The van der Waals surface area contributed by atoms with Crippen LogP contribution in [0.2, 0.25) is 0 Å². The molecule has 1 fully saturated rings. The molecule has 10 heteroatoms. The molecule has 0 bridgehead atoms. The molecule has 2 N–H and O–H groups in total. The van der Waals surface area contributed by atoms with Crippen molar-refractivity contribution in [2.24, 2.45) is 17.3 Å². The van der Waals surface area contributed by atoms with E-state index in [1.165, 1.54) is 20.8 Å². The topological polar surface area (TPSA) is 154 Å². The summed E-state index contributed by atoms with van der Waals surface area (Å²) in [5.74, 6) is -3.22. The molecular weight excluding hydrogens is 520 g/mol. The van der Waals surface area contributed by atoms with Crippen molar-refractivity contribution in [3.05, 3.63) is 23.8 Å². The van der Waals surface area contributed by atoms with Crippen LogP contribution in [0.15, 0.2) is 23.8 Å². The number of hydrogen-bond acceptors (Lipinski definition) is 9. The van der Waals surface area contributed by atoms with Crippen molar-refractivity contribution in [2.45, 2.75) is 110 Å². The lowest BCUT2D eigenvalue weighted by Crippen LogP contribution is -2.45. The van der Waals surface area contributed by atoms with Crippen LogP contribution in [0.1, 0.15) is 92.9 Å². The first-order chi connectivity index (χ1) is 18.4. The first-order valence-electron chi connectivity index (χ1n) is 13.7. The maximum atomic E-state index is 12.9. The van der Waals surface area contributed by atoms with Gasteiger partial charge in [0.25, 0.3) is 0 Å². The average molecular weight is 565 g/mol. The van der Waals surface area contributed by atoms with E-state index in [4.69, 9.17) is 19.3 Å². The van der Waals surface area contributed by atoms with Crippen molar-refractivity contribution in [3.63, 3.8) is 0 Å². The molecule has 5 atom stereocenters. The number of carboxylic acid groups (broad SMARTS) is 1. The third-order valence-corrected chi connectivity index (χ3v) is 8.26. The third-order valence-electron chi connectivity index (χ3n) is 8.26. The number of hydrogen-bond donors (Lipinski definition) is 2. The lowest BCUT2D eigenvalue weighted by Gasteiger charge is -2.43. The standard InChI is InChI=1S/C30H44O10/c1-18-8-10-23-22(28(4,5)40-20(3)32)12-13-30(23,7)25(39-19(2)31)14-21(9-11-24(18)33)17-38-27(36)16-29(6,37)15-26(34)35/h14,22-23,25,37H,1,8-13,15-17H2,2-7H3,(H,34,35)/b21-14+/t22-,23+,25?,29?,30+/m1/s1. The van der Waals surface area contributed by atoms with Gasteiger partial charge in [-0.25, -0.2) is 0 Å². The number of rotatable bonds is 9. The zero-order valence-corrected chi connectivity index (χ0v) is 24.5. The van der Waals surface area contributed by atoms with Gasteiger partial charge in [0.1, 0.15) is 18.3 Å². The van der Waals surface area contributed by atoms with Crippen molar-refractivity contribution < 1.29 is 48.4 Å². The van der Waals surface area contributed by atoms with E-state index < -0.39 is 59.4 Å². The first kappa shape index (κ1) is 33.2. The second kappa shape index (κ2) is 13.1. The van der Waals surface area contributed by atoms with Crippen LogP contribution in [0.4, 0.5) is 0 Å². The van der Waals surface area contributed by atoms with Gasteiger partial charge >= 0.3 is 23.9 Å². The minimum Gasteiger partial charge on any atom is -0.481 e. The smallest absolute Gasteiger partial charge is 0.309 e. The first-order valence-corrected chi connectivity index (χ1v) is 13.7. The molecule has 2 unspecified atom stereocenters. The Labute approximate surface area is 236 Å². The molecule has 0 saturated heterocycles. The van der Waals surface area contributed by atoms with E-state index in [1.807, 2.05) is 20.8 Å². The summed E-state index contributed by atoms with van der Waals surface area (Å²) in [6.45, 7) is 13.5. The summed E-state index contributed by atoms with van der Waals surface area (Å²) in [5.41, 5.74) is -2.13. The SMILES string of the molecule is C=C1CC[C@H]2[C@H](C(C)(C)OC(C)=O)CC[C@]2(C)C(OC(C)=O)/C=C(/COC(=O)CC(C)(O)CC(=O)O)CCC1=O. The fourth-order valence-corrected chi connectivity index (χ4v) is 6.27. The molecule has 0 spiro atoms. The summed E-state index contributed by atoms with van der Waals surface area (Å²) in [6.07, 6.45) is 2.64. The fraction of sp³-hybridized carbons (Fsp3) is 0.700. The predicted octanol–water partition coefficient (Wildman–Crippen LogP) is 4.08. The van der Waals surface area contributed by atoms with Crippen molar-refractivity contribution in [1.29, 1.82) is 0 Å². The Balaban J connectivity index is 2.45. The highest BCUT2D eigenvalue weighted by Crippen LogP contribution is 2.56. The molecule has 10 nitrogen and oxygen atoms in total. The van der Waals surface area contributed by atoms with Crippen LogP contribution in [0, 0.1) is 17.3 Å². The van der Waals surface area contributed by atoms with Gasteiger partial charge in [0.05, 0.1) is 18.4 Å². The summed E-state index contributed by atoms with van der Waals surface area (Å²) in [6, 6.07) is 0. The Bertz CT molecular complexity index is 1050. The predicted molar refractivity (Wildman–Crippen MR) is 145 cm³/mol. The van der Waals surface area contributed by atoms with Crippen molar-refractivity contribution >= 4 is 29.7 Å². The van der Waals surface area contributed by atoms with E-state index in [0.717, 1.165) is 0 Å². The quantitative estimate of drug-likeness (QED) is 0.181. The number of allylic oxidation sites excluding steroid dienone is 1. The number of ketones is 1. The molecule has 0 aromatic carbocycles. The van der Waals surface area contributed by atoms with E-state index in [0.29, 0.717) is 36.8 Å². The van der Waals surface area contributed by atoms with Gasteiger partial charge in [-0.1, -0.05) is 13.5 Å². The summed E-state index contributed by atoms with van der Waals surface area (Å²) < 4.78 is 17.0. The molecule has 0 radical (unpaired) electrons. The maximum Gasteiger partial charge on any atom is 0.309 e. The number of ether oxygens (including phenoxy) is 3. The van der Waals surface area contributed by atoms with Crippen LogP contribution in [0.25, 0.3) is 0 Å². The molecule has 1 saturated carbocycles. The highest BCUT2D eigenvalue weighted by molar-refractivity contribution is 5.94. The maximum absolute atomic E-state index is 12.9. The number of carbonyl (C=O) groups excluding carboxylic acids is 4. The summed E-state index contributed by atoms with van der Waals surface area (Å²) in [7, 11) is 0. The van der Waals surface area contributed by atoms with Gasteiger partial charge in [0.15, 0.2) is 5.78 Å². The van der Waals surface area contributed by atoms with Crippen LogP contribution in [-0.2, 0) is 38.2 Å². The average Bonchev–Trinajstić information content (AvgIpc) is 3.13. The largest absolute Gasteiger partial charge is 0.481 e. The van der Waals surface area contributed by atoms with E-state index >= 15 is 0 Å². The minimum absolute atomic E-state index is 0.0748. The van der Waals surface area contributed by atoms with Crippen molar-refractivity contribution in [2.75, 3.05) is 6.61 Å². The van der Waals surface area contributed by atoms with Gasteiger partial charge in [-0.15, -0.1) is 0 Å². The summed E-state index contributed by atoms with van der Waals surface area (Å²) in [4.78, 5) is 60.5. The number of carbonyl (C=O) groups is 5. The van der Waals surface area contributed by atoms with Crippen LogP contribution in [-0.4, -0.2) is 63.8 Å². The highest BCUT2D eigenvalue weighted by Gasteiger charge is 2.55. The van der Waals surface area contributed by atoms with Gasteiger partial charge in [-0.2, -0.15) is 0 Å². The van der Waals surface area contributed by atoms with E-state index in [1.54, 1.807) is 6.08 Å². The molecule has 2 aliphatic carbocycles. The number of Topliss-reactive ketones (excluding diaryl/α,β-unsaturated/α-hetero) is 1. The van der Waals surface area contributed by atoms with Gasteiger partial charge in [-0.05, 0) is 76.0 Å². The Morgan fingerprint density at radius 2 is 1.70 bits per heavy atom. The third kappa shape index (κ3) is 9.01. The van der Waals surface area contributed by atoms with Crippen LogP contribution >= 0.6 is 0 Å². The Morgan fingerprint density at radius 3 is 2.27 bits per heavy atom. The molecule has 0 heterocycles. The van der Waals surface area contributed by atoms with E-state index in [9.17, 15) is 29.1 Å². The lowest BCUT2D eigenvalue weighted by atomic mass is 9.67. The molecule has 0 aromatic heterocycles. The Morgan fingerprint density at radius 1 is 1.05 bits per heavy atom. The minimum atomic E-state index is -1.78. The van der Waals surface area contributed by atoms with Crippen LogP contribution < -0.4 is 0 Å². The van der Waals surface area contributed by atoms with Gasteiger partial charge in [0.2, 0.25) is 0 Å². The molecular formula is C30H44O10. The van der Waals surface area contributed by atoms with Gasteiger partial charge in [-0.3, -0.25) is 24.0 Å².